The molecule has 1 heterocycles. The standard InChI is InChI=1S/C14H22N2O/c1-10(2)9-16-8-7-11-5-3-4-6-12(11)13(15)14(16)17/h4,6,10-11H,3,5,7-9,15H2,1-2H3/t11-/m0/s1. The average molecular weight is 234 g/mol. The van der Waals surface area contributed by atoms with E-state index in [1.54, 1.807) is 0 Å². The zero-order valence-electron chi connectivity index (χ0n) is 10.8. The molecule has 1 aliphatic heterocycles. The summed E-state index contributed by atoms with van der Waals surface area (Å²) in [5, 5.41) is 0. The number of rotatable bonds is 2. The van der Waals surface area contributed by atoms with Crippen LogP contribution >= 0.6 is 0 Å². The normalized spacial score (nSPS) is 25.2. The average Bonchev–Trinajstić information content (AvgIpc) is 2.42. The number of carbonyl (C=O) groups is 1. The van der Waals surface area contributed by atoms with Crippen molar-refractivity contribution in [3.05, 3.63) is 23.4 Å². The van der Waals surface area contributed by atoms with Crippen molar-refractivity contribution in [2.45, 2.75) is 33.1 Å². The molecule has 3 nitrogen and oxygen atoms in total. The topological polar surface area (TPSA) is 46.3 Å². The van der Waals surface area contributed by atoms with Crippen LogP contribution in [-0.2, 0) is 4.79 Å². The predicted octanol–water partition coefficient (Wildman–Crippen LogP) is 2.05. The van der Waals surface area contributed by atoms with Crippen LogP contribution in [0.25, 0.3) is 0 Å². The number of amides is 1. The van der Waals surface area contributed by atoms with Crippen molar-refractivity contribution in [1.29, 1.82) is 0 Å². The van der Waals surface area contributed by atoms with Gasteiger partial charge in [-0.3, -0.25) is 4.79 Å². The molecule has 0 saturated carbocycles. The number of carbonyl (C=O) groups excluding carboxylic acids is 1. The number of nitrogens with two attached hydrogens (primary N) is 1. The molecule has 0 bridgehead atoms. The minimum Gasteiger partial charge on any atom is -0.394 e. The number of fused-ring (bicyclic) bond motifs is 1. The number of nitrogens with zero attached hydrogens (tertiary/aromatic N) is 1. The lowest BCUT2D eigenvalue weighted by Gasteiger charge is -2.23. The van der Waals surface area contributed by atoms with Gasteiger partial charge in [0.05, 0.1) is 0 Å². The second-order valence-corrected chi connectivity index (χ2v) is 5.48. The van der Waals surface area contributed by atoms with E-state index in [2.05, 4.69) is 26.0 Å². The molecule has 0 unspecified atom stereocenters. The fourth-order valence-electron chi connectivity index (χ4n) is 2.73. The molecule has 0 fully saturated rings. The summed E-state index contributed by atoms with van der Waals surface area (Å²) in [6.07, 6.45) is 7.48. The van der Waals surface area contributed by atoms with Gasteiger partial charge in [-0.05, 0) is 36.7 Å². The lowest BCUT2D eigenvalue weighted by molar-refractivity contribution is -0.127. The van der Waals surface area contributed by atoms with Gasteiger partial charge in [0, 0.05) is 13.1 Å². The second-order valence-electron chi connectivity index (χ2n) is 5.48. The van der Waals surface area contributed by atoms with E-state index in [1.807, 2.05) is 4.90 Å². The van der Waals surface area contributed by atoms with Gasteiger partial charge >= 0.3 is 0 Å². The van der Waals surface area contributed by atoms with Crippen molar-refractivity contribution < 1.29 is 4.79 Å². The maximum absolute atomic E-state index is 12.2. The molecular formula is C14H22N2O. The molecule has 1 atom stereocenters. The molecule has 0 saturated heterocycles. The van der Waals surface area contributed by atoms with Gasteiger partial charge in [0.2, 0.25) is 0 Å². The lowest BCUT2D eigenvalue weighted by Crippen LogP contribution is -2.37. The first kappa shape index (κ1) is 12.2. The van der Waals surface area contributed by atoms with Crippen LogP contribution in [0.5, 0.6) is 0 Å². The maximum Gasteiger partial charge on any atom is 0.270 e. The first-order valence-electron chi connectivity index (χ1n) is 6.55. The molecule has 2 aliphatic rings. The van der Waals surface area contributed by atoms with Crippen LogP contribution in [0.2, 0.25) is 0 Å². The molecule has 2 rings (SSSR count). The van der Waals surface area contributed by atoms with Gasteiger partial charge in [-0.2, -0.15) is 0 Å². The first-order valence-corrected chi connectivity index (χ1v) is 6.55. The van der Waals surface area contributed by atoms with E-state index in [1.165, 1.54) is 0 Å². The van der Waals surface area contributed by atoms with Crippen molar-refractivity contribution in [3.8, 4) is 0 Å². The highest BCUT2D eigenvalue weighted by Gasteiger charge is 2.28. The fraction of sp³-hybridized carbons (Fsp3) is 0.643. The van der Waals surface area contributed by atoms with Gasteiger partial charge in [0.1, 0.15) is 5.70 Å². The van der Waals surface area contributed by atoms with Gasteiger partial charge in [-0.15, -0.1) is 0 Å². The third kappa shape index (κ3) is 2.54. The smallest absolute Gasteiger partial charge is 0.270 e. The van der Waals surface area contributed by atoms with Gasteiger partial charge in [-0.25, -0.2) is 0 Å². The second kappa shape index (κ2) is 4.94. The predicted molar refractivity (Wildman–Crippen MR) is 69.1 cm³/mol. The van der Waals surface area contributed by atoms with E-state index in [4.69, 9.17) is 5.73 Å². The van der Waals surface area contributed by atoms with E-state index < -0.39 is 0 Å². The molecule has 0 spiro atoms. The van der Waals surface area contributed by atoms with E-state index in [-0.39, 0.29) is 5.91 Å². The quantitative estimate of drug-likeness (QED) is 0.795. The van der Waals surface area contributed by atoms with Gasteiger partial charge in [0.25, 0.3) is 5.91 Å². The van der Waals surface area contributed by atoms with E-state index in [0.29, 0.717) is 17.5 Å². The maximum atomic E-state index is 12.2. The van der Waals surface area contributed by atoms with E-state index in [9.17, 15) is 4.79 Å². The molecule has 0 aromatic heterocycles. The largest absolute Gasteiger partial charge is 0.394 e. The monoisotopic (exact) mass is 234 g/mol. The summed E-state index contributed by atoms with van der Waals surface area (Å²) in [4.78, 5) is 14.2. The minimum absolute atomic E-state index is 0.0303. The van der Waals surface area contributed by atoms with E-state index in [0.717, 1.165) is 37.9 Å². The summed E-state index contributed by atoms with van der Waals surface area (Å²) < 4.78 is 0. The van der Waals surface area contributed by atoms with Crippen LogP contribution in [0.4, 0.5) is 0 Å². The Labute approximate surface area is 103 Å². The van der Waals surface area contributed by atoms with Crippen molar-refractivity contribution >= 4 is 5.91 Å². The van der Waals surface area contributed by atoms with Crippen molar-refractivity contribution in [1.82, 2.24) is 4.90 Å². The Bertz CT molecular complexity index is 368. The van der Waals surface area contributed by atoms with Crippen LogP contribution in [0.1, 0.15) is 33.1 Å². The Morgan fingerprint density at radius 1 is 1.47 bits per heavy atom. The lowest BCUT2D eigenvalue weighted by atomic mass is 9.86. The van der Waals surface area contributed by atoms with Crippen molar-refractivity contribution in [2.75, 3.05) is 13.1 Å². The summed E-state index contributed by atoms with van der Waals surface area (Å²) >= 11 is 0. The van der Waals surface area contributed by atoms with Crippen LogP contribution in [-0.4, -0.2) is 23.9 Å². The Balaban J connectivity index is 2.24. The molecule has 94 valence electrons. The zero-order valence-corrected chi connectivity index (χ0v) is 10.8. The summed E-state index contributed by atoms with van der Waals surface area (Å²) in [6, 6.07) is 0. The Morgan fingerprint density at radius 3 is 2.94 bits per heavy atom. The van der Waals surface area contributed by atoms with Crippen LogP contribution in [0.3, 0.4) is 0 Å². The molecule has 1 aliphatic carbocycles. The Hall–Kier alpha value is -1.25. The number of hydrogen-bond acceptors (Lipinski definition) is 2. The Kier molecular flexibility index (Phi) is 3.55. The summed E-state index contributed by atoms with van der Waals surface area (Å²) in [5.74, 6) is 1.01. The zero-order chi connectivity index (χ0) is 12.4. The molecule has 3 heteroatoms. The highest BCUT2D eigenvalue weighted by molar-refractivity contribution is 5.94. The third-order valence-corrected chi connectivity index (χ3v) is 3.58. The number of allylic oxidation sites excluding steroid dienone is 3. The molecule has 0 aromatic rings. The van der Waals surface area contributed by atoms with Gasteiger partial charge in [-0.1, -0.05) is 26.0 Å². The molecule has 0 radical (unpaired) electrons. The van der Waals surface area contributed by atoms with Crippen molar-refractivity contribution in [2.24, 2.45) is 17.6 Å². The summed E-state index contributed by atoms with van der Waals surface area (Å²) in [6.45, 7) is 5.92. The van der Waals surface area contributed by atoms with Gasteiger partial charge in [0.15, 0.2) is 0 Å². The van der Waals surface area contributed by atoms with Crippen LogP contribution < -0.4 is 5.73 Å². The molecule has 1 amide bonds. The van der Waals surface area contributed by atoms with Gasteiger partial charge < -0.3 is 10.6 Å². The molecule has 17 heavy (non-hydrogen) atoms. The Morgan fingerprint density at radius 2 is 2.24 bits per heavy atom. The third-order valence-electron chi connectivity index (χ3n) is 3.58. The molecule has 0 aromatic carbocycles. The summed E-state index contributed by atoms with van der Waals surface area (Å²) in [7, 11) is 0. The van der Waals surface area contributed by atoms with Crippen molar-refractivity contribution in [3.63, 3.8) is 0 Å². The molecular weight excluding hydrogens is 212 g/mol. The van der Waals surface area contributed by atoms with E-state index >= 15 is 0 Å². The highest BCUT2D eigenvalue weighted by Crippen LogP contribution is 2.31. The van der Waals surface area contributed by atoms with Crippen LogP contribution in [0, 0.1) is 11.8 Å². The number of hydrogen-bond donors (Lipinski definition) is 1. The molecule has 2 N–H and O–H groups in total. The minimum atomic E-state index is 0.0303. The van der Waals surface area contributed by atoms with Crippen LogP contribution in [0.15, 0.2) is 23.4 Å². The fourth-order valence-corrected chi connectivity index (χ4v) is 2.73. The first-order chi connectivity index (χ1) is 8.09. The highest BCUT2D eigenvalue weighted by atomic mass is 16.2. The SMILES string of the molecule is CC(C)CN1CC[C@@H]2CCC=CC2=C(N)C1=O. The summed E-state index contributed by atoms with van der Waals surface area (Å²) in [5.41, 5.74) is 7.59.